The summed E-state index contributed by atoms with van der Waals surface area (Å²) in [7, 11) is 0. The molecule has 1 aliphatic heterocycles. The molecular formula is C20H19ClFN3O3. The molecule has 2 aromatic rings. The van der Waals surface area contributed by atoms with E-state index < -0.39 is 36.0 Å². The van der Waals surface area contributed by atoms with Gasteiger partial charge in [0.15, 0.2) is 0 Å². The molecular weight excluding hydrogens is 385 g/mol. The molecule has 1 saturated heterocycles. The molecule has 2 atom stereocenters. The van der Waals surface area contributed by atoms with Crippen molar-refractivity contribution in [2.24, 2.45) is 0 Å². The van der Waals surface area contributed by atoms with E-state index in [0.29, 0.717) is 16.1 Å². The van der Waals surface area contributed by atoms with Crippen LogP contribution >= 0.6 is 11.6 Å². The van der Waals surface area contributed by atoms with E-state index in [4.69, 9.17) is 11.6 Å². The van der Waals surface area contributed by atoms with Gasteiger partial charge in [0.05, 0.1) is 6.04 Å². The Labute approximate surface area is 166 Å². The number of rotatable bonds is 5. The SMILES string of the molecule is C[C@@H](NC(=O)CN1C(=O)N[C@@](C)(c2ccc(Cl)cc2)C1=O)c1ccc(F)cc1. The van der Waals surface area contributed by atoms with Crippen molar-refractivity contribution < 1.29 is 18.8 Å². The van der Waals surface area contributed by atoms with Gasteiger partial charge in [0.1, 0.15) is 17.9 Å². The minimum atomic E-state index is -1.27. The van der Waals surface area contributed by atoms with Crippen molar-refractivity contribution in [3.8, 4) is 0 Å². The van der Waals surface area contributed by atoms with Crippen LogP contribution in [0.15, 0.2) is 48.5 Å². The molecule has 0 unspecified atom stereocenters. The standard InChI is InChI=1S/C20H19ClFN3O3/c1-12(13-3-9-16(22)10-4-13)23-17(26)11-25-18(27)20(2,24-19(25)28)14-5-7-15(21)8-6-14/h3-10,12H,11H2,1-2H3,(H,23,26)(H,24,28)/t12-,20+/m1/s1. The average molecular weight is 404 g/mol. The summed E-state index contributed by atoms with van der Waals surface area (Å²) in [5.41, 5.74) is 0.000592. The van der Waals surface area contributed by atoms with Gasteiger partial charge in [-0.15, -0.1) is 0 Å². The van der Waals surface area contributed by atoms with Gasteiger partial charge in [-0.25, -0.2) is 9.18 Å². The van der Waals surface area contributed by atoms with Crippen molar-refractivity contribution in [3.63, 3.8) is 0 Å². The maximum atomic E-state index is 13.0. The third-order valence-electron chi connectivity index (χ3n) is 4.75. The summed E-state index contributed by atoms with van der Waals surface area (Å²) in [5, 5.41) is 5.85. The topological polar surface area (TPSA) is 78.5 Å². The molecule has 0 aromatic heterocycles. The fourth-order valence-electron chi connectivity index (χ4n) is 3.08. The van der Waals surface area contributed by atoms with E-state index >= 15 is 0 Å². The minimum absolute atomic E-state index is 0.372. The van der Waals surface area contributed by atoms with Crippen LogP contribution in [0.4, 0.5) is 9.18 Å². The van der Waals surface area contributed by atoms with E-state index in [1.807, 2.05) is 0 Å². The predicted octanol–water partition coefficient (Wildman–Crippen LogP) is 3.12. The summed E-state index contributed by atoms with van der Waals surface area (Å²) in [6.45, 7) is 2.89. The third kappa shape index (κ3) is 3.84. The molecule has 0 spiro atoms. The zero-order valence-corrected chi connectivity index (χ0v) is 16.1. The highest BCUT2D eigenvalue weighted by atomic mass is 35.5. The van der Waals surface area contributed by atoms with Crippen molar-refractivity contribution in [3.05, 3.63) is 70.5 Å². The number of halogens is 2. The molecule has 2 aromatic carbocycles. The van der Waals surface area contributed by atoms with Crippen LogP contribution < -0.4 is 10.6 Å². The Bertz CT molecular complexity index is 917. The molecule has 4 amide bonds. The number of hydrogen-bond donors (Lipinski definition) is 2. The fourth-order valence-corrected chi connectivity index (χ4v) is 3.21. The number of urea groups is 1. The highest BCUT2D eigenvalue weighted by Gasteiger charge is 2.49. The van der Waals surface area contributed by atoms with Crippen molar-refractivity contribution >= 4 is 29.4 Å². The van der Waals surface area contributed by atoms with Gasteiger partial charge in [0, 0.05) is 5.02 Å². The first kappa shape index (κ1) is 19.8. The Morgan fingerprint density at radius 2 is 1.79 bits per heavy atom. The predicted molar refractivity (Wildman–Crippen MR) is 102 cm³/mol. The Morgan fingerprint density at radius 1 is 1.18 bits per heavy atom. The van der Waals surface area contributed by atoms with Crippen molar-refractivity contribution in [2.75, 3.05) is 6.54 Å². The largest absolute Gasteiger partial charge is 0.348 e. The zero-order chi connectivity index (χ0) is 20.5. The molecule has 3 rings (SSSR count). The quantitative estimate of drug-likeness (QED) is 0.753. The first-order valence-electron chi connectivity index (χ1n) is 8.65. The Morgan fingerprint density at radius 3 is 2.39 bits per heavy atom. The van der Waals surface area contributed by atoms with E-state index in [-0.39, 0.29) is 5.82 Å². The van der Waals surface area contributed by atoms with Crippen LogP contribution in [0.1, 0.15) is 31.0 Å². The lowest BCUT2D eigenvalue weighted by atomic mass is 9.92. The Balaban J connectivity index is 1.69. The van der Waals surface area contributed by atoms with E-state index in [2.05, 4.69) is 10.6 Å². The Hall–Kier alpha value is -2.93. The molecule has 6 nitrogen and oxygen atoms in total. The molecule has 28 heavy (non-hydrogen) atoms. The molecule has 1 heterocycles. The summed E-state index contributed by atoms with van der Waals surface area (Å²) in [5.74, 6) is -1.40. The Kier molecular flexibility index (Phi) is 5.38. The number of nitrogens with one attached hydrogen (secondary N) is 2. The molecule has 146 valence electrons. The van der Waals surface area contributed by atoms with Gasteiger partial charge in [-0.2, -0.15) is 0 Å². The van der Waals surface area contributed by atoms with Crippen LogP contribution in [-0.4, -0.2) is 29.3 Å². The summed E-state index contributed by atoms with van der Waals surface area (Å²) in [6, 6.07) is 11.2. The first-order chi connectivity index (χ1) is 13.2. The molecule has 2 N–H and O–H groups in total. The summed E-state index contributed by atoms with van der Waals surface area (Å²) >= 11 is 5.88. The number of benzene rings is 2. The summed E-state index contributed by atoms with van der Waals surface area (Å²) in [6.07, 6.45) is 0. The molecule has 0 aliphatic carbocycles. The number of carbonyl (C=O) groups excluding carboxylic acids is 3. The number of imide groups is 1. The van der Waals surface area contributed by atoms with Gasteiger partial charge >= 0.3 is 6.03 Å². The molecule has 8 heteroatoms. The average Bonchev–Trinajstić information content (AvgIpc) is 2.86. The number of hydrogen-bond acceptors (Lipinski definition) is 3. The van der Waals surface area contributed by atoms with Gasteiger partial charge in [0.2, 0.25) is 5.91 Å². The van der Waals surface area contributed by atoms with Gasteiger partial charge in [-0.3, -0.25) is 14.5 Å². The summed E-state index contributed by atoms with van der Waals surface area (Å²) < 4.78 is 13.0. The first-order valence-corrected chi connectivity index (χ1v) is 9.03. The van der Waals surface area contributed by atoms with Crippen molar-refractivity contribution in [1.29, 1.82) is 0 Å². The number of nitrogens with zero attached hydrogens (tertiary/aromatic N) is 1. The normalized spacial score (nSPS) is 20.1. The zero-order valence-electron chi connectivity index (χ0n) is 15.3. The van der Waals surface area contributed by atoms with E-state index in [9.17, 15) is 18.8 Å². The van der Waals surface area contributed by atoms with E-state index in [0.717, 1.165) is 4.90 Å². The second kappa shape index (κ2) is 7.59. The third-order valence-corrected chi connectivity index (χ3v) is 5.00. The second-order valence-corrected chi connectivity index (χ2v) is 7.23. The highest BCUT2D eigenvalue weighted by Crippen LogP contribution is 2.29. The van der Waals surface area contributed by atoms with Gasteiger partial charge < -0.3 is 10.6 Å². The lowest BCUT2D eigenvalue weighted by Gasteiger charge is -2.22. The van der Waals surface area contributed by atoms with Crippen LogP contribution in [0, 0.1) is 5.82 Å². The summed E-state index contributed by atoms with van der Waals surface area (Å²) in [4.78, 5) is 38.4. The minimum Gasteiger partial charge on any atom is -0.348 e. The maximum absolute atomic E-state index is 13.0. The monoisotopic (exact) mass is 403 g/mol. The van der Waals surface area contributed by atoms with Gasteiger partial charge in [0.25, 0.3) is 5.91 Å². The fraction of sp³-hybridized carbons (Fsp3) is 0.250. The van der Waals surface area contributed by atoms with E-state index in [1.54, 1.807) is 50.2 Å². The lowest BCUT2D eigenvalue weighted by molar-refractivity contribution is -0.135. The maximum Gasteiger partial charge on any atom is 0.325 e. The molecule has 1 fully saturated rings. The molecule has 0 radical (unpaired) electrons. The molecule has 1 aliphatic rings. The van der Waals surface area contributed by atoms with Crippen molar-refractivity contribution in [2.45, 2.75) is 25.4 Å². The van der Waals surface area contributed by atoms with Crippen LogP contribution in [0.2, 0.25) is 5.02 Å². The number of carbonyl (C=O) groups is 3. The molecule has 0 bridgehead atoms. The molecule has 0 saturated carbocycles. The van der Waals surface area contributed by atoms with Gasteiger partial charge in [-0.05, 0) is 49.2 Å². The smallest absolute Gasteiger partial charge is 0.325 e. The second-order valence-electron chi connectivity index (χ2n) is 6.79. The van der Waals surface area contributed by atoms with Gasteiger partial charge in [-0.1, -0.05) is 35.9 Å². The van der Waals surface area contributed by atoms with Crippen molar-refractivity contribution in [1.82, 2.24) is 15.5 Å². The van der Waals surface area contributed by atoms with Crippen LogP contribution in [0.3, 0.4) is 0 Å². The van der Waals surface area contributed by atoms with E-state index in [1.165, 1.54) is 12.1 Å². The highest BCUT2D eigenvalue weighted by molar-refractivity contribution is 6.30. The van der Waals surface area contributed by atoms with Crippen LogP contribution in [-0.2, 0) is 15.1 Å². The number of amides is 4. The lowest BCUT2D eigenvalue weighted by Crippen LogP contribution is -2.43. The van der Waals surface area contributed by atoms with Crippen LogP contribution in [0.5, 0.6) is 0 Å². The van der Waals surface area contributed by atoms with Crippen LogP contribution in [0.25, 0.3) is 0 Å².